The maximum atomic E-state index is 13.3. The molecule has 0 bridgehead atoms. The van der Waals surface area contributed by atoms with E-state index in [0.717, 1.165) is 6.26 Å². The van der Waals surface area contributed by atoms with Crippen LogP contribution in [0.1, 0.15) is 15.9 Å². The fourth-order valence-corrected chi connectivity index (χ4v) is 1.79. The number of hydrogen-bond donors (Lipinski definition) is 0. The highest BCUT2D eigenvalue weighted by atomic mass is 32.2. The Labute approximate surface area is 87.8 Å². The summed E-state index contributed by atoms with van der Waals surface area (Å²) >= 11 is 0. The van der Waals surface area contributed by atoms with Gasteiger partial charge in [-0.25, -0.2) is 12.8 Å². The standard InChI is InChI=1S/C10H11FO3S/c1-7-3-4-8(9(11)5-7)10(12)6-15(2,13)14/h3-5H,6H2,1-2H3. The van der Waals surface area contributed by atoms with Crippen LogP contribution in [0.15, 0.2) is 18.2 Å². The molecule has 0 amide bonds. The summed E-state index contributed by atoms with van der Waals surface area (Å²) in [6.07, 6.45) is 0.941. The zero-order valence-corrected chi connectivity index (χ0v) is 9.27. The van der Waals surface area contributed by atoms with Gasteiger partial charge in [0.15, 0.2) is 15.6 Å². The van der Waals surface area contributed by atoms with E-state index in [9.17, 15) is 17.6 Å². The van der Waals surface area contributed by atoms with Gasteiger partial charge in [0.05, 0.1) is 5.56 Å². The lowest BCUT2D eigenvalue weighted by atomic mass is 10.1. The minimum atomic E-state index is -3.41. The van der Waals surface area contributed by atoms with Crippen molar-refractivity contribution in [2.45, 2.75) is 6.92 Å². The van der Waals surface area contributed by atoms with Crippen LogP contribution < -0.4 is 0 Å². The smallest absolute Gasteiger partial charge is 0.180 e. The van der Waals surface area contributed by atoms with Gasteiger partial charge in [0.25, 0.3) is 0 Å². The van der Waals surface area contributed by atoms with Gasteiger partial charge in [-0.05, 0) is 24.6 Å². The molecule has 0 aliphatic heterocycles. The van der Waals surface area contributed by atoms with E-state index in [1.807, 2.05) is 0 Å². The minimum absolute atomic E-state index is 0.175. The van der Waals surface area contributed by atoms with Crippen molar-refractivity contribution in [3.63, 3.8) is 0 Å². The van der Waals surface area contributed by atoms with Crippen molar-refractivity contribution in [1.82, 2.24) is 0 Å². The Kier molecular flexibility index (Phi) is 3.24. The first kappa shape index (κ1) is 11.8. The van der Waals surface area contributed by atoms with Crippen LogP contribution >= 0.6 is 0 Å². The van der Waals surface area contributed by atoms with Gasteiger partial charge in [-0.15, -0.1) is 0 Å². The summed E-state index contributed by atoms with van der Waals surface area (Å²) in [5.41, 5.74) is 0.509. The summed E-state index contributed by atoms with van der Waals surface area (Å²) in [5, 5.41) is 0. The van der Waals surface area contributed by atoms with E-state index in [0.29, 0.717) is 5.56 Å². The number of aryl methyl sites for hydroxylation is 1. The van der Waals surface area contributed by atoms with Crippen LogP contribution in [0.4, 0.5) is 4.39 Å². The molecule has 0 radical (unpaired) electrons. The van der Waals surface area contributed by atoms with Crippen molar-refractivity contribution in [1.29, 1.82) is 0 Å². The highest BCUT2D eigenvalue weighted by molar-refractivity contribution is 7.91. The van der Waals surface area contributed by atoms with Gasteiger partial charge in [-0.1, -0.05) is 6.07 Å². The summed E-state index contributed by atoms with van der Waals surface area (Å²) in [7, 11) is -3.41. The van der Waals surface area contributed by atoms with Crippen molar-refractivity contribution in [2.75, 3.05) is 12.0 Å². The van der Waals surface area contributed by atoms with E-state index < -0.39 is 27.2 Å². The van der Waals surface area contributed by atoms with Crippen molar-refractivity contribution < 1.29 is 17.6 Å². The van der Waals surface area contributed by atoms with Crippen molar-refractivity contribution in [2.24, 2.45) is 0 Å². The summed E-state index contributed by atoms with van der Waals surface area (Å²) in [6.45, 7) is 1.69. The molecule has 1 aromatic rings. The van der Waals surface area contributed by atoms with Crippen molar-refractivity contribution in [3.8, 4) is 0 Å². The second-order valence-corrected chi connectivity index (χ2v) is 5.62. The number of carbonyl (C=O) groups excluding carboxylic acids is 1. The molecule has 0 saturated heterocycles. The maximum Gasteiger partial charge on any atom is 0.180 e. The maximum absolute atomic E-state index is 13.3. The molecule has 3 nitrogen and oxygen atoms in total. The van der Waals surface area contributed by atoms with Gasteiger partial charge in [0.1, 0.15) is 11.6 Å². The van der Waals surface area contributed by atoms with Crippen LogP contribution in [0.2, 0.25) is 0 Å². The molecule has 0 fully saturated rings. The SMILES string of the molecule is Cc1ccc(C(=O)CS(C)(=O)=O)c(F)c1. The summed E-state index contributed by atoms with van der Waals surface area (Å²) in [4.78, 5) is 11.4. The number of rotatable bonds is 3. The highest BCUT2D eigenvalue weighted by Crippen LogP contribution is 2.11. The molecule has 1 aromatic carbocycles. The molecular formula is C10H11FO3S. The fourth-order valence-electron chi connectivity index (χ4n) is 1.16. The van der Waals surface area contributed by atoms with Crippen LogP contribution in [0.3, 0.4) is 0 Å². The number of sulfone groups is 1. The van der Waals surface area contributed by atoms with Gasteiger partial charge in [0.2, 0.25) is 0 Å². The Balaban J connectivity index is 3.02. The molecule has 0 atom stereocenters. The van der Waals surface area contributed by atoms with Crippen LogP contribution in [-0.2, 0) is 9.84 Å². The van der Waals surface area contributed by atoms with Gasteiger partial charge in [0, 0.05) is 6.26 Å². The van der Waals surface area contributed by atoms with Gasteiger partial charge < -0.3 is 0 Å². The Morgan fingerprint density at radius 2 is 2.00 bits per heavy atom. The van der Waals surface area contributed by atoms with Crippen LogP contribution in [-0.4, -0.2) is 26.2 Å². The largest absolute Gasteiger partial charge is 0.293 e. The lowest BCUT2D eigenvalue weighted by Gasteiger charge is -2.02. The summed E-state index contributed by atoms with van der Waals surface area (Å²) in [6, 6.07) is 4.08. The third-order valence-corrected chi connectivity index (χ3v) is 2.60. The molecule has 0 aliphatic carbocycles. The van der Waals surface area contributed by atoms with Gasteiger partial charge in [-0.3, -0.25) is 4.79 Å². The molecule has 0 saturated carbocycles. The third kappa shape index (κ3) is 3.43. The summed E-state index contributed by atoms with van der Waals surface area (Å²) < 4.78 is 35.0. The summed E-state index contributed by atoms with van der Waals surface area (Å²) in [5.74, 6) is -2.05. The average molecular weight is 230 g/mol. The minimum Gasteiger partial charge on any atom is -0.293 e. The molecule has 0 unspecified atom stereocenters. The predicted molar refractivity (Wildman–Crippen MR) is 55.2 cm³/mol. The second kappa shape index (κ2) is 4.10. The number of carbonyl (C=O) groups is 1. The molecule has 0 N–H and O–H groups in total. The van der Waals surface area contributed by atoms with E-state index in [1.165, 1.54) is 12.1 Å². The average Bonchev–Trinajstić information content (AvgIpc) is 1.99. The number of halogens is 1. The normalized spacial score (nSPS) is 11.4. The molecule has 82 valence electrons. The fraction of sp³-hybridized carbons (Fsp3) is 0.300. The first-order valence-corrected chi connectivity index (χ1v) is 6.33. The molecule has 15 heavy (non-hydrogen) atoms. The number of ketones is 1. The topological polar surface area (TPSA) is 51.2 Å². The quantitative estimate of drug-likeness (QED) is 0.737. The Morgan fingerprint density at radius 1 is 1.40 bits per heavy atom. The third-order valence-electron chi connectivity index (χ3n) is 1.82. The molecule has 0 heterocycles. The van der Waals surface area contributed by atoms with Gasteiger partial charge in [-0.2, -0.15) is 0 Å². The zero-order valence-electron chi connectivity index (χ0n) is 8.45. The van der Waals surface area contributed by atoms with Crippen molar-refractivity contribution >= 4 is 15.6 Å². The van der Waals surface area contributed by atoms with Crippen molar-refractivity contribution in [3.05, 3.63) is 35.1 Å². The molecule has 0 aliphatic rings. The molecule has 1 rings (SSSR count). The highest BCUT2D eigenvalue weighted by Gasteiger charge is 2.16. The molecule has 0 aromatic heterocycles. The first-order valence-electron chi connectivity index (χ1n) is 4.26. The lowest BCUT2D eigenvalue weighted by Crippen LogP contribution is -2.15. The van der Waals surface area contributed by atoms with Crippen LogP contribution in [0.25, 0.3) is 0 Å². The number of benzene rings is 1. The first-order chi connectivity index (χ1) is 6.79. The molecule has 0 spiro atoms. The second-order valence-electron chi connectivity index (χ2n) is 3.48. The Hall–Kier alpha value is -1.23. The van der Waals surface area contributed by atoms with E-state index in [2.05, 4.69) is 0 Å². The Morgan fingerprint density at radius 3 is 2.47 bits per heavy atom. The monoisotopic (exact) mass is 230 g/mol. The van der Waals surface area contributed by atoms with E-state index in [1.54, 1.807) is 13.0 Å². The van der Waals surface area contributed by atoms with E-state index in [-0.39, 0.29) is 5.56 Å². The van der Waals surface area contributed by atoms with Crippen LogP contribution in [0, 0.1) is 12.7 Å². The predicted octanol–water partition coefficient (Wildman–Crippen LogP) is 1.36. The van der Waals surface area contributed by atoms with E-state index in [4.69, 9.17) is 0 Å². The molecular weight excluding hydrogens is 219 g/mol. The Bertz CT molecular complexity index is 491. The van der Waals surface area contributed by atoms with Gasteiger partial charge >= 0.3 is 0 Å². The number of Topliss-reactive ketones (excluding diaryl/α,β-unsaturated/α-hetero) is 1. The lowest BCUT2D eigenvalue weighted by molar-refractivity contribution is 0.101. The van der Waals surface area contributed by atoms with E-state index >= 15 is 0 Å². The number of hydrogen-bond acceptors (Lipinski definition) is 3. The molecule has 5 heteroatoms. The zero-order chi connectivity index (χ0) is 11.6. The van der Waals surface area contributed by atoms with Crippen LogP contribution in [0.5, 0.6) is 0 Å².